The molecule has 0 atom stereocenters. The van der Waals surface area contributed by atoms with Crippen LogP contribution in [-0.2, 0) is 6.42 Å². The van der Waals surface area contributed by atoms with Crippen LogP contribution in [0.3, 0.4) is 0 Å². The van der Waals surface area contributed by atoms with Gasteiger partial charge in [-0.1, -0.05) is 58.7 Å². The molecule has 1 N–H and O–H groups in total. The highest BCUT2D eigenvalue weighted by molar-refractivity contribution is 7.15. The molecule has 4 aromatic rings. The Hall–Kier alpha value is -2.67. The largest absolute Gasteiger partial charge is 0.360 e. The molecule has 0 aliphatic rings. The number of hydrogen-bond donors (Lipinski definition) is 1. The first-order chi connectivity index (χ1) is 14.0. The number of benzene rings is 2. The Kier molecular flexibility index (Phi) is 5.67. The van der Waals surface area contributed by atoms with Crippen LogP contribution in [-0.4, -0.2) is 16.0 Å². The minimum atomic E-state index is -0.315. The van der Waals surface area contributed by atoms with E-state index in [4.69, 9.17) is 27.7 Å². The third-order valence-corrected chi connectivity index (χ3v) is 5.80. The first-order valence-electron chi connectivity index (χ1n) is 8.73. The van der Waals surface area contributed by atoms with E-state index in [-0.39, 0.29) is 5.91 Å². The Bertz CT molecular complexity index is 1170. The number of hydrogen-bond acceptors (Lipinski definition) is 5. The van der Waals surface area contributed by atoms with Gasteiger partial charge in [-0.3, -0.25) is 10.1 Å². The Balaban J connectivity index is 1.53. The molecule has 0 saturated heterocycles. The normalized spacial score (nSPS) is 10.9. The Labute approximate surface area is 181 Å². The maximum Gasteiger partial charge on any atom is 0.263 e. The maximum absolute atomic E-state index is 12.9. The van der Waals surface area contributed by atoms with Gasteiger partial charge in [0.25, 0.3) is 5.91 Å². The minimum absolute atomic E-state index is 0.315. The summed E-state index contributed by atoms with van der Waals surface area (Å²) in [4.78, 5) is 18.1. The highest BCUT2D eigenvalue weighted by atomic mass is 35.5. The molecule has 0 aliphatic heterocycles. The van der Waals surface area contributed by atoms with Gasteiger partial charge in [0.05, 0.1) is 0 Å². The maximum atomic E-state index is 12.9. The molecule has 0 unspecified atom stereocenters. The van der Waals surface area contributed by atoms with Crippen LogP contribution in [0.25, 0.3) is 11.3 Å². The van der Waals surface area contributed by atoms with Gasteiger partial charge < -0.3 is 4.52 Å². The van der Waals surface area contributed by atoms with Crippen molar-refractivity contribution in [2.24, 2.45) is 0 Å². The fraction of sp³-hybridized carbons (Fsp3) is 0.0952. The highest BCUT2D eigenvalue weighted by Gasteiger charge is 2.22. The zero-order valence-corrected chi connectivity index (χ0v) is 17.6. The molecule has 5 nitrogen and oxygen atoms in total. The summed E-state index contributed by atoms with van der Waals surface area (Å²) in [6.45, 7) is 1.71. The Morgan fingerprint density at radius 2 is 1.97 bits per heavy atom. The lowest BCUT2D eigenvalue weighted by molar-refractivity contribution is 0.102. The second-order valence-electron chi connectivity index (χ2n) is 6.33. The number of rotatable bonds is 5. The molecule has 29 heavy (non-hydrogen) atoms. The van der Waals surface area contributed by atoms with E-state index in [1.165, 1.54) is 11.3 Å². The number of aryl methyl sites for hydroxylation is 1. The van der Waals surface area contributed by atoms with Gasteiger partial charge in [0, 0.05) is 33.1 Å². The molecule has 0 spiro atoms. The number of aromatic nitrogens is 2. The molecule has 2 aromatic heterocycles. The van der Waals surface area contributed by atoms with E-state index in [9.17, 15) is 4.79 Å². The van der Waals surface area contributed by atoms with Crippen LogP contribution < -0.4 is 5.32 Å². The van der Waals surface area contributed by atoms with Gasteiger partial charge in [0.15, 0.2) is 5.13 Å². The fourth-order valence-corrected chi connectivity index (χ4v) is 4.12. The van der Waals surface area contributed by atoms with Gasteiger partial charge in [-0.15, -0.1) is 11.3 Å². The van der Waals surface area contributed by atoms with Gasteiger partial charge in [0.2, 0.25) is 0 Å². The SMILES string of the molecule is Cc1onc(-c2ccccc2)c1C(=O)Nc1ncc(Cc2cc(Cl)ccc2Cl)s1. The number of thiazole rings is 1. The number of halogens is 2. The lowest BCUT2D eigenvalue weighted by Gasteiger charge is -2.03. The van der Waals surface area contributed by atoms with Crippen LogP contribution in [0.2, 0.25) is 10.0 Å². The number of carbonyl (C=O) groups excluding carboxylic acids is 1. The fourth-order valence-electron chi connectivity index (χ4n) is 2.91. The lowest BCUT2D eigenvalue weighted by atomic mass is 10.1. The summed E-state index contributed by atoms with van der Waals surface area (Å²) in [7, 11) is 0. The lowest BCUT2D eigenvalue weighted by Crippen LogP contribution is -2.13. The summed E-state index contributed by atoms with van der Waals surface area (Å²) < 4.78 is 5.26. The summed E-state index contributed by atoms with van der Waals surface area (Å²) in [5.74, 6) is 0.133. The van der Waals surface area contributed by atoms with E-state index in [0.717, 1.165) is 16.0 Å². The molecular formula is C21H15Cl2N3O2S. The third-order valence-electron chi connectivity index (χ3n) is 4.28. The standard InChI is InChI=1S/C21H15Cl2N3O2S/c1-12-18(19(26-28-12)13-5-3-2-4-6-13)20(27)25-21-24-11-16(29-21)10-14-9-15(22)7-8-17(14)23/h2-9,11H,10H2,1H3,(H,24,25,27). The number of amides is 1. The predicted molar refractivity (Wildman–Crippen MR) is 116 cm³/mol. The molecule has 0 aliphatic carbocycles. The van der Waals surface area contributed by atoms with E-state index < -0.39 is 0 Å². The quantitative estimate of drug-likeness (QED) is 0.395. The van der Waals surface area contributed by atoms with Crippen LogP contribution in [0.5, 0.6) is 0 Å². The molecule has 2 heterocycles. The Morgan fingerprint density at radius 1 is 1.17 bits per heavy atom. The van der Waals surface area contributed by atoms with Crippen molar-refractivity contribution in [3.63, 3.8) is 0 Å². The minimum Gasteiger partial charge on any atom is -0.360 e. The van der Waals surface area contributed by atoms with Gasteiger partial charge >= 0.3 is 0 Å². The zero-order valence-electron chi connectivity index (χ0n) is 15.3. The molecule has 146 valence electrons. The van der Waals surface area contributed by atoms with Crippen molar-refractivity contribution in [2.45, 2.75) is 13.3 Å². The molecular weight excluding hydrogens is 429 g/mol. The van der Waals surface area contributed by atoms with E-state index >= 15 is 0 Å². The first-order valence-corrected chi connectivity index (χ1v) is 10.3. The number of anilines is 1. The summed E-state index contributed by atoms with van der Waals surface area (Å²) >= 11 is 13.7. The van der Waals surface area contributed by atoms with Crippen molar-refractivity contribution >= 4 is 45.6 Å². The predicted octanol–water partition coefficient (Wildman–Crippen LogP) is 6.26. The highest BCUT2D eigenvalue weighted by Crippen LogP contribution is 2.29. The zero-order chi connectivity index (χ0) is 20.4. The summed E-state index contributed by atoms with van der Waals surface area (Å²) in [6.07, 6.45) is 2.30. The first kappa shape index (κ1) is 19.6. The number of nitrogens with one attached hydrogen (secondary N) is 1. The van der Waals surface area contributed by atoms with E-state index in [0.29, 0.717) is 38.6 Å². The molecule has 4 rings (SSSR count). The number of nitrogens with zero attached hydrogens (tertiary/aromatic N) is 2. The van der Waals surface area contributed by atoms with Gasteiger partial charge in [-0.25, -0.2) is 4.98 Å². The average molecular weight is 444 g/mol. The van der Waals surface area contributed by atoms with E-state index in [2.05, 4.69) is 15.5 Å². The van der Waals surface area contributed by atoms with Crippen molar-refractivity contribution in [3.8, 4) is 11.3 Å². The molecule has 0 saturated carbocycles. The molecule has 0 radical (unpaired) electrons. The molecule has 8 heteroatoms. The molecule has 0 bridgehead atoms. The third kappa shape index (κ3) is 4.34. The average Bonchev–Trinajstić information content (AvgIpc) is 3.31. The van der Waals surface area contributed by atoms with Crippen LogP contribution in [0.4, 0.5) is 5.13 Å². The van der Waals surface area contributed by atoms with Crippen molar-refractivity contribution in [2.75, 3.05) is 5.32 Å². The van der Waals surface area contributed by atoms with Gasteiger partial charge in [0.1, 0.15) is 17.0 Å². The summed E-state index contributed by atoms with van der Waals surface area (Å²) in [6, 6.07) is 14.8. The Morgan fingerprint density at radius 3 is 2.76 bits per heavy atom. The van der Waals surface area contributed by atoms with Crippen molar-refractivity contribution in [1.29, 1.82) is 0 Å². The smallest absolute Gasteiger partial charge is 0.263 e. The van der Waals surface area contributed by atoms with Crippen molar-refractivity contribution in [1.82, 2.24) is 10.1 Å². The molecule has 0 fully saturated rings. The van der Waals surface area contributed by atoms with Crippen molar-refractivity contribution in [3.05, 3.63) is 86.5 Å². The van der Waals surface area contributed by atoms with Crippen molar-refractivity contribution < 1.29 is 9.32 Å². The van der Waals surface area contributed by atoms with Gasteiger partial charge in [-0.05, 0) is 30.7 Å². The molecule has 1 amide bonds. The second-order valence-corrected chi connectivity index (χ2v) is 8.29. The summed E-state index contributed by atoms with van der Waals surface area (Å²) in [5, 5.41) is 8.64. The van der Waals surface area contributed by atoms with E-state index in [1.807, 2.05) is 36.4 Å². The molecule has 2 aromatic carbocycles. The van der Waals surface area contributed by atoms with Gasteiger partial charge in [-0.2, -0.15) is 0 Å². The van der Waals surface area contributed by atoms with Crippen LogP contribution >= 0.6 is 34.5 Å². The monoisotopic (exact) mass is 443 g/mol. The summed E-state index contributed by atoms with van der Waals surface area (Å²) in [5.41, 5.74) is 2.61. The number of carbonyl (C=O) groups is 1. The topological polar surface area (TPSA) is 68.0 Å². The van der Waals surface area contributed by atoms with E-state index in [1.54, 1.807) is 25.3 Å². The second kappa shape index (κ2) is 8.37. The van der Waals surface area contributed by atoms with Crippen LogP contribution in [0, 0.1) is 6.92 Å². The van der Waals surface area contributed by atoms with Crippen LogP contribution in [0.1, 0.15) is 26.6 Å². The van der Waals surface area contributed by atoms with Crippen LogP contribution in [0.15, 0.2) is 59.3 Å².